The number of hydrogen-bond donors (Lipinski definition) is 2. The van der Waals surface area contributed by atoms with Gasteiger partial charge in [0.15, 0.2) is 0 Å². The molecule has 0 aliphatic carbocycles. The quantitative estimate of drug-likeness (QED) is 0.576. The van der Waals surface area contributed by atoms with Crippen LogP contribution in [0.3, 0.4) is 0 Å². The smallest absolute Gasteiger partial charge is 0.444 e. The van der Waals surface area contributed by atoms with Crippen LogP contribution in [-0.4, -0.2) is 48.9 Å². The first kappa shape index (κ1) is 21.9. The number of carbonyl (C=O) groups excluding carboxylic acids is 1. The lowest BCUT2D eigenvalue weighted by atomic mass is 9.71. The molecule has 0 aromatic heterocycles. The summed E-state index contributed by atoms with van der Waals surface area (Å²) in [5.74, 6) is 0.0458. The summed E-state index contributed by atoms with van der Waals surface area (Å²) in [6.45, 7) is 14.5. The van der Waals surface area contributed by atoms with Crippen molar-refractivity contribution in [2.45, 2.75) is 78.1 Å². The lowest BCUT2D eigenvalue weighted by Crippen LogP contribution is -2.41. The maximum atomic E-state index is 12.1. The van der Waals surface area contributed by atoms with Gasteiger partial charge in [-0.15, -0.1) is 0 Å². The Morgan fingerprint density at radius 3 is 2.15 bits per heavy atom. The van der Waals surface area contributed by atoms with Crippen molar-refractivity contribution >= 4 is 18.9 Å². The molecular weight excluding hydrogens is 347 g/mol. The van der Waals surface area contributed by atoms with Crippen molar-refractivity contribution in [1.29, 1.82) is 5.41 Å². The predicted octanol–water partition coefficient (Wildman–Crippen LogP) is 3.47. The van der Waals surface area contributed by atoms with E-state index in [1.165, 1.54) is 6.20 Å². The number of hydrogen-bond acceptors (Lipinski definition) is 6. The standard InChI is InChI=1S/C19H33BN2O5/c1-17(2,3)25-16(23)22-12-14(15(21)13-8-10-24-11-9-13)20-26-18(4,5)19(6,7)27-20/h12-13,21H,8-11H2,1-7H3,(H,22,23)/b14-12+,21-15?. The summed E-state index contributed by atoms with van der Waals surface area (Å²) in [5.41, 5.74) is -0.729. The average Bonchev–Trinajstić information content (AvgIpc) is 2.74. The van der Waals surface area contributed by atoms with Crippen LogP contribution in [0.15, 0.2) is 11.7 Å². The summed E-state index contributed by atoms with van der Waals surface area (Å²) < 4.78 is 22.9. The Hall–Kier alpha value is -1.38. The molecule has 2 rings (SSSR count). The number of alkyl carbamates (subject to hydrolysis) is 1. The highest BCUT2D eigenvalue weighted by Gasteiger charge is 2.53. The van der Waals surface area contributed by atoms with E-state index in [4.69, 9.17) is 24.2 Å². The Kier molecular flexibility index (Phi) is 6.44. The molecular formula is C19H33BN2O5. The maximum Gasteiger partial charge on any atom is 0.498 e. The van der Waals surface area contributed by atoms with E-state index in [0.717, 1.165) is 12.8 Å². The first-order chi connectivity index (χ1) is 12.3. The zero-order chi connectivity index (χ0) is 20.5. The van der Waals surface area contributed by atoms with Crippen LogP contribution in [0.25, 0.3) is 0 Å². The minimum Gasteiger partial charge on any atom is -0.444 e. The van der Waals surface area contributed by atoms with E-state index in [0.29, 0.717) is 24.4 Å². The first-order valence-electron chi connectivity index (χ1n) is 9.54. The van der Waals surface area contributed by atoms with Crippen LogP contribution < -0.4 is 5.32 Å². The third kappa shape index (κ3) is 5.56. The van der Waals surface area contributed by atoms with Crippen molar-refractivity contribution < 1.29 is 23.6 Å². The molecule has 0 saturated carbocycles. The van der Waals surface area contributed by atoms with E-state index in [1.807, 2.05) is 27.7 Å². The topological polar surface area (TPSA) is 89.9 Å². The average molecular weight is 380 g/mol. The Morgan fingerprint density at radius 1 is 1.15 bits per heavy atom. The lowest BCUT2D eigenvalue weighted by molar-refractivity contribution is 0.00578. The van der Waals surface area contributed by atoms with Crippen molar-refractivity contribution in [3.63, 3.8) is 0 Å². The van der Waals surface area contributed by atoms with Gasteiger partial charge in [-0.25, -0.2) is 4.79 Å². The third-order valence-corrected chi connectivity index (χ3v) is 5.19. The molecule has 0 spiro atoms. The second kappa shape index (κ2) is 7.93. The molecule has 2 saturated heterocycles. The van der Waals surface area contributed by atoms with Crippen molar-refractivity contribution in [2.75, 3.05) is 13.2 Å². The van der Waals surface area contributed by atoms with Crippen LogP contribution in [-0.2, 0) is 18.8 Å². The molecule has 2 aliphatic rings. The van der Waals surface area contributed by atoms with E-state index in [2.05, 4.69) is 5.32 Å². The first-order valence-corrected chi connectivity index (χ1v) is 9.54. The highest BCUT2D eigenvalue weighted by molar-refractivity contribution is 6.62. The van der Waals surface area contributed by atoms with E-state index >= 15 is 0 Å². The second-order valence-electron chi connectivity index (χ2n) is 9.13. The van der Waals surface area contributed by atoms with Gasteiger partial charge in [0.1, 0.15) is 5.60 Å². The molecule has 2 aliphatic heterocycles. The molecule has 2 heterocycles. The fourth-order valence-electron chi connectivity index (χ4n) is 2.91. The highest BCUT2D eigenvalue weighted by atomic mass is 16.7. The zero-order valence-electron chi connectivity index (χ0n) is 17.6. The Bertz CT molecular complexity index is 588. The second-order valence-corrected chi connectivity index (χ2v) is 9.13. The molecule has 2 N–H and O–H groups in total. The van der Waals surface area contributed by atoms with Crippen molar-refractivity contribution in [3.05, 3.63) is 11.7 Å². The third-order valence-electron chi connectivity index (χ3n) is 5.19. The molecule has 7 nitrogen and oxygen atoms in total. The number of allylic oxidation sites excluding steroid dienone is 1. The summed E-state index contributed by atoms with van der Waals surface area (Å²) in [6.07, 6.45) is 2.45. The van der Waals surface area contributed by atoms with Crippen molar-refractivity contribution in [3.8, 4) is 0 Å². The maximum absolute atomic E-state index is 12.1. The minimum absolute atomic E-state index is 0.0458. The van der Waals surface area contributed by atoms with Crippen LogP contribution in [0.1, 0.15) is 61.3 Å². The molecule has 27 heavy (non-hydrogen) atoms. The molecule has 8 heteroatoms. The monoisotopic (exact) mass is 380 g/mol. The Morgan fingerprint density at radius 2 is 1.67 bits per heavy atom. The van der Waals surface area contributed by atoms with Gasteiger partial charge in [0.05, 0.1) is 11.2 Å². The van der Waals surface area contributed by atoms with Gasteiger partial charge in [-0.05, 0) is 61.3 Å². The summed E-state index contributed by atoms with van der Waals surface area (Å²) in [6, 6.07) is 0. The minimum atomic E-state index is -0.722. The van der Waals surface area contributed by atoms with Crippen LogP contribution in [0.5, 0.6) is 0 Å². The Labute approximate surface area is 162 Å². The lowest BCUT2D eigenvalue weighted by Gasteiger charge is -2.32. The summed E-state index contributed by atoms with van der Waals surface area (Å²) >= 11 is 0. The van der Waals surface area contributed by atoms with Gasteiger partial charge in [-0.1, -0.05) is 0 Å². The summed E-state index contributed by atoms with van der Waals surface area (Å²) in [5, 5.41) is 11.3. The van der Waals surface area contributed by atoms with E-state index in [9.17, 15) is 4.79 Å². The number of carbonyl (C=O) groups is 1. The fraction of sp³-hybridized carbons (Fsp3) is 0.789. The largest absolute Gasteiger partial charge is 0.498 e. The van der Waals surface area contributed by atoms with Crippen LogP contribution in [0, 0.1) is 11.3 Å². The van der Waals surface area contributed by atoms with Crippen LogP contribution >= 0.6 is 0 Å². The number of ether oxygens (including phenoxy) is 2. The number of rotatable bonds is 4. The van der Waals surface area contributed by atoms with Gasteiger partial charge < -0.3 is 24.2 Å². The van der Waals surface area contributed by atoms with Gasteiger partial charge in [0, 0.05) is 36.5 Å². The van der Waals surface area contributed by atoms with Crippen LogP contribution in [0.2, 0.25) is 0 Å². The summed E-state index contributed by atoms with van der Waals surface area (Å²) in [7, 11) is -0.722. The van der Waals surface area contributed by atoms with E-state index < -0.39 is 30.0 Å². The molecule has 2 fully saturated rings. The van der Waals surface area contributed by atoms with Gasteiger partial charge in [0.25, 0.3) is 0 Å². The molecule has 0 unspecified atom stereocenters. The van der Waals surface area contributed by atoms with E-state index in [1.54, 1.807) is 20.8 Å². The summed E-state index contributed by atoms with van der Waals surface area (Å²) in [4.78, 5) is 12.1. The van der Waals surface area contributed by atoms with Gasteiger partial charge in [0.2, 0.25) is 0 Å². The fourth-order valence-corrected chi connectivity index (χ4v) is 2.91. The van der Waals surface area contributed by atoms with E-state index in [-0.39, 0.29) is 5.92 Å². The van der Waals surface area contributed by atoms with Crippen LogP contribution in [0.4, 0.5) is 4.79 Å². The number of nitrogens with one attached hydrogen (secondary N) is 2. The van der Waals surface area contributed by atoms with Gasteiger partial charge in [-0.3, -0.25) is 5.32 Å². The van der Waals surface area contributed by atoms with Crippen molar-refractivity contribution in [2.24, 2.45) is 5.92 Å². The van der Waals surface area contributed by atoms with Crippen molar-refractivity contribution in [1.82, 2.24) is 5.32 Å². The Balaban J connectivity index is 2.22. The molecule has 152 valence electrons. The molecule has 0 atom stereocenters. The van der Waals surface area contributed by atoms with Gasteiger partial charge in [-0.2, -0.15) is 0 Å². The zero-order valence-corrected chi connectivity index (χ0v) is 17.6. The molecule has 0 aromatic carbocycles. The molecule has 0 radical (unpaired) electrons. The molecule has 0 bridgehead atoms. The number of amides is 1. The normalized spacial score (nSPS) is 23.2. The highest BCUT2D eigenvalue weighted by Crippen LogP contribution is 2.39. The SMILES string of the molecule is CC(C)(C)OC(=O)N/C=C(/B1OC(C)(C)C(C)(C)O1)C(=N)C1CCOCC1. The predicted molar refractivity (Wildman–Crippen MR) is 105 cm³/mol. The molecule has 0 aromatic rings. The molecule has 1 amide bonds. The van der Waals surface area contributed by atoms with Gasteiger partial charge >= 0.3 is 13.2 Å².